The third-order valence-electron chi connectivity index (χ3n) is 3.41. The van der Waals surface area contributed by atoms with Gasteiger partial charge in [-0.15, -0.1) is 0 Å². The molecule has 0 fully saturated rings. The van der Waals surface area contributed by atoms with E-state index in [0.29, 0.717) is 12.2 Å². The monoisotopic (exact) mass is 352 g/mol. The maximum atomic E-state index is 5.70. The maximum Gasteiger partial charge on any atom is 0.146 e. The van der Waals surface area contributed by atoms with Crippen LogP contribution in [0.1, 0.15) is 42.7 Å². The molecule has 2 rings (SSSR count). The largest absolute Gasteiger partial charge is 0.271 e. The molecule has 6 nitrogen and oxygen atoms in total. The molecule has 0 saturated carbocycles. The van der Waals surface area contributed by atoms with Crippen molar-refractivity contribution in [2.24, 2.45) is 5.84 Å². The third kappa shape index (κ3) is 3.48. The van der Waals surface area contributed by atoms with Gasteiger partial charge in [0.1, 0.15) is 5.82 Å². The average Bonchev–Trinajstić information content (AvgIpc) is 2.81. The van der Waals surface area contributed by atoms with Gasteiger partial charge in [-0.1, -0.05) is 6.92 Å². The van der Waals surface area contributed by atoms with E-state index in [1.807, 2.05) is 11.6 Å². The Morgan fingerprint density at radius 3 is 2.52 bits per heavy atom. The summed E-state index contributed by atoms with van der Waals surface area (Å²) in [5.41, 5.74) is 6.01. The number of nitrogens with one attached hydrogen (secondary N) is 1. The molecule has 0 amide bonds. The Labute approximate surface area is 133 Å². The van der Waals surface area contributed by atoms with Crippen LogP contribution < -0.4 is 11.3 Å². The van der Waals surface area contributed by atoms with Crippen molar-refractivity contribution in [2.75, 3.05) is 0 Å². The van der Waals surface area contributed by atoms with Gasteiger partial charge in [-0.25, -0.2) is 15.4 Å². The average molecular weight is 353 g/mol. The molecule has 0 saturated heterocycles. The van der Waals surface area contributed by atoms with Crippen molar-refractivity contribution in [2.45, 2.75) is 46.2 Å². The molecule has 0 aliphatic rings. The molecule has 1 atom stereocenters. The van der Waals surface area contributed by atoms with Gasteiger partial charge in [-0.05, 0) is 41.8 Å². The highest BCUT2D eigenvalue weighted by atomic mass is 79.9. The lowest BCUT2D eigenvalue weighted by atomic mass is 10.1. The molecule has 7 heteroatoms. The lowest BCUT2D eigenvalue weighted by molar-refractivity contribution is 0.494. The van der Waals surface area contributed by atoms with Crippen LogP contribution in [-0.4, -0.2) is 19.7 Å². The van der Waals surface area contributed by atoms with Crippen molar-refractivity contribution >= 4 is 15.9 Å². The van der Waals surface area contributed by atoms with Crippen LogP contribution in [0.4, 0.5) is 0 Å². The smallest absolute Gasteiger partial charge is 0.146 e. The summed E-state index contributed by atoms with van der Waals surface area (Å²) in [5, 5.41) is 4.60. The normalized spacial score (nSPS) is 12.6. The summed E-state index contributed by atoms with van der Waals surface area (Å²) in [4.78, 5) is 8.72. The first-order valence-corrected chi connectivity index (χ1v) is 7.88. The fourth-order valence-corrected chi connectivity index (χ4v) is 2.94. The zero-order chi connectivity index (χ0) is 15.4. The number of hydrogen-bond donors (Lipinski definition) is 2. The second kappa shape index (κ2) is 7.11. The summed E-state index contributed by atoms with van der Waals surface area (Å²) in [7, 11) is 0. The van der Waals surface area contributed by atoms with Crippen LogP contribution in [0.2, 0.25) is 0 Å². The van der Waals surface area contributed by atoms with Gasteiger partial charge in [-0.3, -0.25) is 10.5 Å². The lowest BCUT2D eigenvalue weighted by Gasteiger charge is -2.15. The minimum atomic E-state index is -0.145. The molecule has 2 heterocycles. The summed E-state index contributed by atoms with van der Waals surface area (Å²) in [6.45, 7) is 6.96. The van der Waals surface area contributed by atoms with E-state index in [1.165, 1.54) is 0 Å². The third-order valence-corrected chi connectivity index (χ3v) is 4.32. The number of hydrogen-bond acceptors (Lipinski definition) is 5. The molecule has 0 bridgehead atoms. The van der Waals surface area contributed by atoms with Gasteiger partial charge in [0.05, 0.1) is 21.9 Å². The van der Waals surface area contributed by atoms with Gasteiger partial charge in [0.25, 0.3) is 0 Å². The lowest BCUT2D eigenvalue weighted by Crippen LogP contribution is -2.31. The standard InChI is InChI=1S/C14H21BrN6/c1-4-10-13(15)12(21(5-2)20-10)6-11(19-16)14-17-7-9(3)8-18-14/h7-8,11,19H,4-6,16H2,1-3H3. The van der Waals surface area contributed by atoms with E-state index < -0.39 is 0 Å². The number of hydrazine groups is 1. The zero-order valence-electron chi connectivity index (χ0n) is 12.6. The first-order chi connectivity index (χ1) is 10.1. The highest BCUT2D eigenvalue weighted by Crippen LogP contribution is 2.26. The fraction of sp³-hybridized carbons (Fsp3) is 0.500. The molecule has 21 heavy (non-hydrogen) atoms. The predicted octanol–water partition coefficient (Wildman–Crippen LogP) is 2.07. The van der Waals surface area contributed by atoms with E-state index in [2.05, 4.69) is 50.3 Å². The fourth-order valence-electron chi connectivity index (χ4n) is 2.21. The van der Waals surface area contributed by atoms with Crippen molar-refractivity contribution in [3.63, 3.8) is 0 Å². The molecule has 0 aromatic carbocycles. The van der Waals surface area contributed by atoms with Crippen LogP contribution in [0.25, 0.3) is 0 Å². The van der Waals surface area contributed by atoms with Gasteiger partial charge < -0.3 is 0 Å². The number of aromatic nitrogens is 4. The number of rotatable bonds is 6. The Morgan fingerprint density at radius 2 is 2.00 bits per heavy atom. The highest BCUT2D eigenvalue weighted by Gasteiger charge is 2.20. The summed E-state index contributed by atoms with van der Waals surface area (Å²) in [5.74, 6) is 6.39. The number of nitrogens with zero attached hydrogens (tertiary/aromatic N) is 4. The van der Waals surface area contributed by atoms with E-state index in [0.717, 1.165) is 34.4 Å². The van der Waals surface area contributed by atoms with Crippen LogP contribution in [-0.2, 0) is 19.4 Å². The quantitative estimate of drug-likeness (QED) is 0.614. The Hall–Kier alpha value is -1.31. The highest BCUT2D eigenvalue weighted by molar-refractivity contribution is 9.10. The van der Waals surface area contributed by atoms with Crippen LogP contribution in [0.15, 0.2) is 16.9 Å². The van der Waals surface area contributed by atoms with Gasteiger partial charge >= 0.3 is 0 Å². The molecule has 0 spiro atoms. The van der Waals surface area contributed by atoms with Crippen molar-refractivity contribution in [1.82, 2.24) is 25.2 Å². The van der Waals surface area contributed by atoms with Crippen molar-refractivity contribution in [1.29, 1.82) is 0 Å². The predicted molar refractivity (Wildman–Crippen MR) is 85.5 cm³/mol. The van der Waals surface area contributed by atoms with Gasteiger partial charge in [0.2, 0.25) is 0 Å². The summed E-state index contributed by atoms with van der Waals surface area (Å²) in [6.07, 6.45) is 5.18. The molecule has 0 radical (unpaired) electrons. The summed E-state index contributed by atoms with van der Waals surface area (Å²) < 4.78 is 3.06. The number of nitrogens with two attached hydrogens (primary N) is 1. The summed E-state index contributed by atoms with van der Waals surface area (Å²) in [6, 6.07) is -0.145. The molecule has 0 aliphatic carbocycles. The van der Waals surface area contributed by atoms with Gasteiger partial charge in [-0.2, -0.15) is 5.10 Å². The zero-order valence-corrected chi connectivity index (χ0v) is 14.2. The SMILES string of the molecule is CCc1nn(CC)c(CC(NN)c2ncc(C)cn2)c1Br. The number of halogens is 1. The van der Waals surface area contributed by atoms with Crippen LogP contribution in [0, 0.1) is 6.92 Å². The molecule has 3 N–H and O–H groups in total. The molecule has 1 unspecified atom stereocenters. The summed E-state index contributed by atoms with van der Waals surface area (Å²) >= 11 is 3.65. The van der Waals surface area contributed by atoms with E-state index in [4.69, 9.17) is 5.84 Å². The van der Waals surface area contributed by atoms with Crippen LogP contribution in [0.3, 0.4) is 0 Å². The van der Waals surface area contributed by atoms with Gasteiger partial charge in [0.15, 0.2) is 0 Å². The Morgan fingerprint density at radius 1 is 1.33 bits per heavy atom. The molecule has 2 aromatic heterocycles. The minimum absolute atomic E-state index is 0.145. The Balaban J connectivity index is 2.30. The Kier molecular flexibility index (Phi) is 5.44. The van der Waals surface area contributed by atoms with E-state index in [9.17, 15) is 0 Å². The molecular formula is C14H21BrN6. The maximum absolute atomic E-state index is 5.70. The van der Waals surface area contributed by atoms with Crippen LogP contribution in [0.5, 0.6) is 0 Å². The Bertz CT molecular complexity index is 592. The van der Waals surface area contributed by atoms with Crippen molar-refractivity contribution < 1.29 is 0 Å². The topological polar surface area (TPSA) is 81.7 Å². The second-order valence-electron chi connectivity index (χ2n) is 4.92. The second-order valence-corrected chi connectivity index (χ2v) is 5.71. The first-order valence-electron chi connectivity index (χ1n) is 7.09. The van der Waals surface area contributed by atoms with Crippen molar-refractivity contribution in [3.05, 3.63) is 39.6 Å². The molecule has 2 aromatic rings. The molecule has 114 valence electrons. The molecule has 0 aliphatic heterocycles. The number of aryl methyl sites for hydroxylation is 3. The van der Waals surface area contributed by atoms with E-state index in [-0.39, 0.29) is 6.04 Å². The molecular weight excluding hydrogens is 332 g/mol. The van der Waals surface area contributed by atoms with E-state index in [1.54, 1.807) is 12.4 Å². The van der Waals surface area contributed by atoms with E-state index >= 15 is 0 Å². The first kappa shape index (κ1) is 16.1. The van der Waals surface area contributed by atoms with Gasteiger partial charge in [0, 0.05) is 25.4 Å². The van der Waals surface area contributed by atoms with Crippen molar-refractivity contribution in [3.8, 4) is 0 Å². The van der Waals surface area contributed by atoms with Crippen LogP contribution >= 0.6 is 15.9 Å². The minimum Gasteiger partial charge on any atom is -0.271 e.